The van der Waals surface area contributed by atoms with Crippen molar-refractivity contribution in [3.63, 3.8) is 0 Å². The Morgan fingerprint density at radius 2 is 2.27 bits per heavy atom. The second-order valence-corrected chi connectivity index (χ2v) is 3.34. The first-order valence-corrected chi connectivity index (χ1v) is 4.30. The van der Waals surface area contributed by atoms with Crippen LogP contribution in [0.3, 0.4) is 0 Å². The van der Waals surface area contributed by atoms with Gasteiger partial charge in [-0.15, -0.1) is 0 Å². The summed E-state index contributed by atoms with van der Waals surface area (Å²) in [6.45, 7) is 5.25. The van der Waals surface area contributed by atoms with E-state index in [1.54, 1.807) is 0 Å². The van der Waals surface area contributed by atoms with Gasteiger partial charge in [-0.25, -0.2) is 0 Å². The molecule has 0 amide bonds. The first-order valence-electron chi connectivity index (χ1n) is 4.30. The molecule has 0 radical (unpaired) electrons. The van der Waals surface area contributed by atoms with Crippen LogP contribution in [-0.4, -0.2) is 6.54 Å². The fraction of sp³-hybridized carbons (Fsp3) is 0.600. The zero-order chi connectivity index (χ0) is 8.27. The molecule has 2 unspecified atom stereocenters. The summed E-state index contributed by atoms with van der Waals surface area (Å²) in [5.74, 6) is 1.36. The van der Waals surface area contributed by atoms with Crippen LogP contribution in [0.1, 0.15) is 20.3 Å². The number of rotatable bonds is 2. The molecular formula is C10H17N. The van der Waals surface area contributed by atoms with Crippen molar-refractivity contribution in [3.05, 3.63) is 23.8 Å². The SMILES string of the molecule is CC1=CC=CC(C)C1CCN. The van der Waals surface area contributed by atoms with Gasteiger partial charge in [-0.05, 0) is 31.7 Å². The Labute approximate surface area is 69.0 Å². The summed E-state index contributed by atoms with van der Waals surface area (Å²) in [4.78, 5) is 0. The van der Waals surface area contributed by atoms with Crippen molar-refractivity contribution in [2.75, 3.05) is 6.54 Å². The van der Waals surface area contributed by atoms with E-state index in [1.807, 2.05) is 0 Å². The van der Waals surface area contributed by atoms with Gasteiger partial charge in [-0.3, -0.25) is 0 Å². The molecule has 0 aromatic carbocycles. The molecule has 0 aromatic heterocycles. The molecule has 1 heteroatoms. The van der Waals surface area contributed by atoms with E-state index in [0.29, 0.717) is 11.8 Å². The summed E-state index contributed by atoms with van der Waals surface area (Å²) in [5.41, 5.74) is 7.01. The van der Waals surface area contributed by atoms with Gasteiger partial charge in [0.25, 0.3) is 0 Å². The molecule has 1 aliphatic rings. The Balaban J connectivity index is 2.62. The minimum Gasteiger partial charge on any atom is -0.330 e. The molecule has 0 spiro atoms. The van der Waals surface area contributed by atoms with Crippen LogP contribution >= 0.6 is 0 Å². The third-order valence-electron chi connectivity index (χ3n) is 2.47. The Morgan fingerprint density at radius 1 is 1.55 bits per heavy atom. The molecule has 0 bridgehead atoms. The van der Waals surface area contributed by atoms with E-state index in [2.05, 4.69) is 32.1 Å². The Morgan fingerprint density at radius 3 is 2.82 bits per heavy atom. The molecule has 0 saturated heterocycles. The van der Waals surface area contributed by atoms with Gasteiger partial charge in [0.2, 0.25) is 0 Å². The van der Waals surface area contributed by atoms with E-state index in [0.717, 1.165) is 13.0 Å². The fourth-order valence-corrected chi connectivity index (χ4v) is 1.73. The third kappa shape index (κ3) is 1.93. The normalized spacial score (nSPS) is 30.3. The second kappa shape index (κ2) is 3.72. The average Bonchev–Trinajstić information content (AvgIpc) is 1.97. The molecule has 1 rings (SSSR count). The number of hydrogen-bond acceptors (Lipinski definition) is 1. The number of allylic oxidation sites excluding steroid dienone is 4. The lowest BCUT2D eigenvalue weighted by molar-refractivity contribution is 0.453. The first kappa shape index (κ1) is 8.54. The maximum absolute atomic E-state index is 5.53. The summed E-state index contributed by atoms with van der Waals surface area (Å²) in [6, 6.07) is 0. The maximum Gasteiger partial charge on any atom is -0.00713 e. The lowest BCUT2D eigenvalue weighted by Crippen LogP contribution is -2.17. The molecule has 0 aromatic rings. The number of hydrogen-bond donors (Lipinski definition) is 1. The average molecular weight is 151 g/mol. The van der Waals surface area contributed by atoms with Crippen LogP contribution in [0.5, 0.6) is 0 Å². The van der Waals surface area contributed by atoms with Crippen LogP contribution in [-0.2, 0) is 0 Å². The van der Waals surface area contributed by atoms with E-state index in [1.165, 1.54) is 5.57 Å². The van der Waals surface area contributed by atoms with Crippen LogP contribution < -0.4 is 5.73 Å². The molecule has 1 aliphatic carbocycles. The Bertz CT molecular complexity index is 179. The van der Waals surface area contributed by atoms with Gasteiger partial charge in [-0.1, -0.05) is 30.7 Å². The topological polar surface area (TPSA) is 26.0 Å². The largest absolute Gasteiger partial charge is 0.330 e. The van der Waals surface area contributed by atoms with Gasteiger partial charge >= 0.3 is 0 Å². The van der Waals surface area contributed by atoms with Crippen molar-refractivity contribution in [1.82, 2.24) is 0 Å². The smallest absolute Gasteiger partial charge is 0.00713 e. The minimum atomic E-state index is 0.670. The van der Waals surface area contributed by atoms with Gasteiger partial charge in [0.1, 0.15) is 0 Å². The molecule has 0 saturated carbocycles. The Kier molecular flexibility index (Phi) is 2.89. The third-order valence-corrected chi connectivity index (χ3v) is 2.47. The highest BCUT2D eigenvalue weighted by Gasteiger charge is 2.17. The maximum atomic E-state index is 5.53. The van der Waals surface area contributed by atoms with Crippen molar-refractivity contribution in [2.45, 2.75) is 20.3 Å². The van der Waals surface area contributed by atoms with Crippen LogP contribution in [0.4, 0.5) is 0 Å². The van der Waals surface area contributed by atoms with Crippen LogP contribution in [0.25, 0.3) is 0 Å². The van der Waals surface area contributed by atoms with E-state index in [-0.39, 0.29) is 0 Å². The summed E-state index contributed by atoms with van der Waals surface area (Å²) in [7, 11) is 0. The molecule has 0 fully saturated rings. The highest BCUT2D eigenvalue weighted by atomic mass is 14.5. The summed E-state index contributed by atoms with van der Waals surface area (Å²) in [6.07, 6.45) is 7.72. The van der Waals surface area contributed by atoms with E-state index in [9.17, 15) is 0 Å². The van der Waals surface area contributed by atoms with Crippen molar-refractivity contribution < 1.29 is 0 Å². The Hall–Kier alpha value is -0.560. The van der Waals surface area contributed by atoms with Gasteiger partial charge < -0.3 is 5.73 Å². The summed E-state index contributed by atoms with van der Waals surface area (Å²) >= 11 is 0. The second-order valence-electron chi connectivity index (χ2n) is 3.34. The molecule has 11 heavy (non-hydrogen) atoms. The van der Waals surface area contributed by atoms with Crippen LogP contribution in [0.2, 0.25) is 0 Å². The monoisotopic (exact) mass is 151 g/mol. The van der Waals surface area contributed by atoms with E-state index < -0.39 is 0 Å². The first-order chi connectivity index (χ1) is 5.25. The van der Waals surface area contributed by atoms with Gasteiger partial charge in [-0.2, -0.15) is 0 Å². The fourth-order valence-electron chi connectivity index (χ4n) is 1.73. The molecule has 2 atom stereocenters. The van der Waals surface area contributed by atoms with Crippen molar-refractivity contribution >= 4 is 0 Å². The van der Waals surface area contributed by atoms with E-state index in [4.69, 9.17) is 5.73 Å². The van der Waals surface area contributed by atoms with Gasteiger partial charge in [0, 0.05) is 0 Å². The van der Waals surface area contributed by atoms with Crippen molar-refractivity contribution in [1.29, 1.82) is 0 Å². The quantitative estimate of drug-likeness (QED) is 0.642. The van der Waals surface area contributed by atoms with Crippen molar-refractivity contribution in [2.24, 2.45) is 17.6 Å². The van der Waals surface area contributed by atoms with E-state index >= 15 is 0 Å². The molecular weight excluding hydrogens is 134 g/mol. The summed E-state index contributed by atoms with van der Waals surface area (Å²) in [5, 5.41) is 0. The number of nitrogens with two attached hydrogens (primary N) is 1. The highest BCUT2D eigenvalue weighted by Crippen LogP contribution is 2.27. The van der Waals surface area contributed by atoms with Gasteiger partial charge in [0.05, 0.1) is 0 Å². The zero-order valence-corrected chi connectivity index (χ0v) is 7.38. The van der Waals surface area contributed by atoms with Crippen LogP contribution in [0.15, 0.2) is 23.8 Å². The van der Waals surface area contributed by atoms with Crippen molar-refractivity contribution in [3.8, 4) is 0 Å². The molecule has 1 nitrogen and oxygen atoms in total. The predicted octanol–water partition coefficient (Wildman–Crippen LogP) is 2.10. The lowest BCUT2D eigenvalue weighted by Gasteiger charge is -2.24. The molecule has 2 N–H and O–H groups in total. The minimum absolute atomic E-state index is 0.670. The molecule has 0 aliphatic heterocycles. The highest BCUT2D eigenvalue weighted by molar-refractivity contribution is 5.21. The van der Waals surface area contributed by atoms with Crippen LogP contribution in [0, 0.1) is 11.8 Å². The lowest BCUT2D eigenvalue weighted by atomic mass is 9.82. The van der Waals surface area contributed by atoms with Gasteiger partial charge in [0.15, 0.2) is 0 Å². The summed E-state index contributed by atoms with van der Waals surface area (Å²) < 4.78 is 0. The molecule has 0 heterocycles. The predicted molar refractivity (Wildman–Crippen MR) is 49.2 cm³/mol. The standard InChI is InChI=1S/C10H17N/c1-8-4-3-5-9(2)10(8)6-7-11/h3-5,8,10H,6-7,11H2,1-2H3. The molecule has 62 valence electrons. The zero-order valence-electron chi connectivity index (χ0n) is 7.38.